The molecular weight excluding hydrogens is 212 g/mol. The molecule has 0 saturated carbocycles. The monoisotopic (exact) mass is 224 g/mol. The van der Waals surface area contributed by atoms with Crippen LogP contribution in [0.25, 0.3) is 0 Å². The van der Waals surface area contributed by atoms with Crippen molar-refractivity contribution in [2.45, 2.75) is 6.54 Å². The molecule has 0 unspecified atom stereocenters. The first-order valence-corrected chi connectivity index (χ1v) is 4.60. The van der Waals surface area contributed by atoms with Gasteiger partial charge in [-0.15, -0.1) is 10.3 Å². The molecule has 0 atom stereocenters. The molecule has 1 aliphatic rings. The fourth-order valence-corrected chi connectivity index (χ4v) is 1.23. The van der Waals surface area contributed by atoms with Gasteiger partial charge in [-0.2, -0.15) is 0 Å². The number of rotatable bonds is 3. The van der Waals surface area contributed by atoms with E-state index in [0.29, 0.717) is 22.6 Å². The molecule has 1 aliphatic heterocycles. The molecule has 2 heterocycles. The number of nitrogens with one attached hydrogen (secondary N) is 1. The fraction of sp³-hybridized carbons (Fsp3) is 0.111. The molecule has 7 heteroatoms. The molecule has 1 aromatic heterocycles. The van der Waals surface area contributed by atoms with Gasteiger partial charge in [-0.1, -0.05) is 0 Å². The molecule has 0 aliphatic carbocycles. The predicted octanol–water partition coefficient (Wildman–Crippen LogP) is 0.322. The molecule has 1 aromatic rings. The molecule has 0 fully saturated rings. The van der Waals surface area contributed by atoms with Crippen molar-refractivity contribution in [1.29, 1.82) is 0 Å². The van der Waals surface area contributed by atoms with Crippen LogP contribution in [0.2, 0.25) is 0 Å². The van der Waals surface area contributed by atoms with E-state index in [9.17, 15) is 10.4 Å². The number of furan rings is 1. The van der Waals surface area contributed by atoms with Gasteiger partial charge in [0.05, 0.1) is 12.8 Å². The highest BCUT2D eigenvalue weighted by molar-refractivity contribution is 5.16. The summed E-state index contributed by atoms with van der Waals surface area (Å²) >= 11 is 0. The van der Waals surface area contributed by atoms with E-state index in [1.807, 2.05) is 0 Å². The quantitative estimate of drug-likeness (QED) is 0.587. The number of allylic oxidation sites excluding steroid dienone is 2. The molecule has 0 bridgehead atoms. The Hall–Kier alpha value is -2.12. The second-order valence-corrected chi connectivity index (χ2v) is 3.16. The van der Waals surface area contributed by atoms with E-state index in [0.717, 1.165) is 0 Å². The van der Waals surface area contributed by atoms with E-state index < -0.39 is 0 Å². The molecule has 2 rings (SSSR count). The van der Waals surface area contributed by atoms with Gasteiger partial charge in [-0.25, -0.2) is 0 Å². The Morgan fingerprint density at radius 2 is 2.12 bits per heavy atom. The summed E-state index contributed by atoms with van der Waals surface area (Å²) in [5, 5.41) is 22.5. The number of hydrogen-bond donors (Lipinski definition) is 4. The van der Waals surface area contributed by atoms with Gasteiger partial charge in [-0.05, 0) is 24.3 Å². The van der Waals surface area contributed by atoms with Crippen LogP contribution in [0.4, 0.5) is 0 Å². The van der Waals surface area contributed by atoms with Crippen LogP contribution in [0.1, 0.15) is 5.76 Å². The summed E-state index contributed by atoms with van der Waals surface area (Å²) < 4.78 is 5.10. The van der Waals surface area contributed by atoms with Gasteiger partial charge in [0.15, 0.2) is 11.6 Å². The lowest BCUT2D eigenvalue weighted by Crippen LogP contribution is -2.44. The van der Waals surface area contributed by atoms with Gasteiger partial charge in [0.2, 0.25) is 0 Å². The number of nitrogens with zero attached hydrogens (tertiary/aromatic N) is 2. The van der Waals surface area contributed by atoms with Crippen LogP contribution in [0, 0.1) is 0 Å². The largest absolute Gasteiger partial charge is 0.467 e. The van der Waals surface area contributed by atoms with E-state index in [1.54, 1.807) is 18.4 Å². The molecule has 86 valence electrons. The Balaban J connectivity index is 2.00. The predicted molar refractivity (Wildman–Crippen MR) is 53.2 cm³/mol. The van der Waals surface area contributed by atoms with E-state index in [-0.39, 0.29) is 11.6 Å². The molecule has 0 spiro atoms. The van der Waals surface area contributed by atoms with E-state index in [2.05, 4.69) is 5.32 Å². The molecule has 16 heavy (non-hydrogen) atoms. The third kappa shape index (κ3) is 1.95. The van der Waals surface area contributed by atoms with Crippen LogP contribution >= 0.6 is 0 Å². The molecule has 0 amide bonds. The fourth-order valence-electron chi connectivity index (χ4n) is 1.23. The smallest absolute Gasteiger partial charge is 0.153 e. The number of hydrazine groups is 1. The highest BCUT2D eigenvalue weighted by atomic mass is 16.7. The van der Waals surface area contributed by atoms with Gasteiger partial charge >= 0.3 is 0 Å². The van der Waals surface area contributed by atoms with E-state index in [4.69, 9.17) is 10.2 Å². The Morgan fingerprint density at radius 1 is 1.31 bits per heavy atom. The Labute approximate surface area is 91.5 Å². The summed E-state index contributed by atoms with van der Waals surface area (Å²) in [7, 11) is 0. The summed E-state index contributed by atoms with van der Waals surface area (Å²) in [4.78, 5) is 0. The minimum absolute atomic E-state index is 0.0195. The van der Waals surface area contributed by atoms with Crippen LogP contribution in [0.15, 0.2) is 46.6 Å². The number of hydroxylamine groups is 2. The number of nitrogens with two attached hydrogens (primary N) is 1. The normalized spacial score (nSPS) is 15.9. The maximum atomic E-state index is 9.46. The van der Waals surface area contributed by atoms with Crippen LogP contribution in [0.3, 0.4) is 0 Å². The Bertz CT molecular complexity index is 412. The second kappa shape index (κ2) is 4.17. The number of hydrogen-bond acceptors (Lipinski definition) is 7. The highest BCUT2D eigenvalue weighted by Crippen LogP contribution is 2.11. The SMILES string of the molecule is NC1=CC=C(NCc2ccco2)N(O)N1O. The molecule has 5 N–H and O–H groups in total. The van der Waals surface area contributed by atoms with Crippen LogP contribution in [-0.2, 0) is 6.54 Å². The average molecular weight is 224 g/mol. The molecular formula is C9H12N4O3. The van der Waals surface area contributed by atoms with Crippen LogP contribution in [0.5, 0.6) is 0 Å². The maximum absolute atomic E-state index is 9.46. The first-order valence-electron chi connectivity index (χ1n) is 4.60. The standard InChI is InChI=1S/C9H12N4O3/c10-8-3-4-9(13(15)12(8)14)11-6-7-2-1-5-16-7/h1-5,11,14-15H,6,10H2. The van der Waals surface area contributed by atoms with Gasteiger partial charge in [-0.3, -0.25) is 10.4 Å². The zero-order valence-corrected chi connectivity index (χ0v) is 8.37. The van der Waals surface area contributed by atoms with Crippen molar-refractivity contribution in [3.63, 3.8) is 0 Å². The minimum Gasteiger partial charge on any atom is -0.467 e. The Kier molecular flexibility index (Phi) is 2.71. The van der Waals surface area contributed by atoms with Crippen molar-refractivity contribution in [3.05, 3.63) is 48.0 Å². The second-order valence-electron chi connectivity index (χ2n) is 3.16. The third-order valence-electron chi connectivity index (χ3n) is 2.06. The van der Waals surface area contributed by atoms with Crippen molar-refractivity contribution < 1.29 is 14.8 Å². The highest BCUT2D eigenvalue weighted by Gasteiger charge is 2.19. The van der Waals surface area contributed by atoms with E-state index >= 15 is 0 Å². The van der Waals surface area contributed by atoms with Crippen LogP contribution in [-0.4, -0.2) is 20.8 Å². The topological polar surface area (TPSA) is 98.1 Å². The first kappa shape index (κ1) is 10.4. The van der Waals surface area contributed by atoms with Crippen molar-refractivity contribution in [3.8, 4) is 0 Å². The summed E-state index contributed by atoms with van der Waals surface area (Å²) in [6.07, 6.45) is 4.54. The summed E-state index contributed by atoms with van der Waals surface area (Å²) in [5.41, 5.74) is 5.37. The van der Waals surface area contributed by atoms with Gasteiger partial charge in [0, 0.05) is 0 Å². The summed E-state index contributed by atoms with van der Waals surface area (Å²) in [5.74, 6) is 1.01. The molecule has 0 radical (unpaired) electrons. The summed E-state index contributed by atoms with van der Waals surface area (Å²) in [6, 6.07) is 3.55. The Morgan fingerprint density at radius 3 is 2.81 bits per heavy atom. The zero-order chi connectivity index (χ0) is 11.5. The molecule has 0 aromatic carbocycles. The van der Waals surface area contributed by atoms with E-state index in [1.165, 1.54) is 12.2 Å². The first-order chi connectivity index (χ1) is 7.68. The van der Waals surface area contributed by atoms with Gasteiger partial charge in [0.1, 0.15) is 5.76 Å². The molecule has 0 saturated heterocycles. The van der Waals surface area contributed by atoms with Crippen molar-refractivity contribution in [2.75, 3.05) is 0 Å². The maximum Gasteiger partial charge on any atom is 0.153 e. The van der Waals surface area contributed by atoms with Gasteiger partial charge in [0.25, 0.3) is 0 Å². The summed E-state index contributed by atoms with van der Waals surface area (Å²) in [6.45, 7) is 0.386. The van der Waals surface area contributed by atoms with Gasteiger partial charge < -0.3 is 15.5 Å². The molecule has 7 nitrogen and oxygen atoms in total. The van der Waals surface area contributed by atoms with Crippen molar-refractivity contribution in [1.82, 2.24) is 15.7 Å². The van der Waals surface area contributed by atoms with Crippen molar-refractivity contribution >= 4 is 0 Å². The lowest BCUT2D eigenvalue weighted by molar-refractivity contribution is -0.333. The lowest BCUT2D eigenvalue weighted by Gasteiger charge is -2.30. The van der Waals surface area contributed by atoms with Crippen LogP contribution < -0.4 is 11.1 Å². The minimum atomic E-state index is 0.0195. The third-order valence-corrected chi connectivity index (χ3v) is 2.06. The zero-order valence-electron chi connectivity index (χ0n) is 8.37. The lowest BCUT2D eigenvalue weighted by atomic mass is 10.4. The average Bonchev–Trinajstić information content (AvgIpc) is 2.78. The van der Waals surface area contributed by atoms with Crippen molar-refractivity contribution in [2.24, 2.45) is 5.73 Å².